The van der Waals surface area contributed by atoms with Gasteiger partial charge in [-0.3, -0.25) is 28.8 Å². The Morgan fingerprint density at radius 1 is 0.393 bits per heavy atom. The first-order valence-electron chi connectivity index (χ1n) is 28.0. The van der Waals surface area contributed by atoms with Gasteiger partial charge in [0.1, 0.15) is 34.5 Å². The van der Waals surface area contributed by atoms with Gasteiger partial charge in [-0.05, 0) is 160 Å². The van der Waals surface area contributed by atoms with Crippen molar-refractivity contribution in [1.82, 2.24) is 0 Å². The summed E-state index contributed by atoms with van der Waals surface area (Å²) >= 11 is 6.14. The molecule has 6 rings (SSSR count). The highest BCUT2D eigenvalue weighted by Crippen LogP contribution is 2.32. The fraction of sp³-hybridized carbons (Fsp3) is 0.373. The number of methoxy groups -OCH3 is 3. The molecule has 0 aliphatic carbocycles. The number of aryl methyl sites for hydroxylation is 3. The average Bonchev–Trinajstić information content (AvgIpc) is 3.57. The van der Waals surface area contributed by atoms with Gasteiger partial charge in [-0.1, -0.05) is 99.1 Å². The van der Waals surface area contributed by atoms with Gasteiger partial charge in [0.25, 0.3) is 0 Å². The Labute approximate surface area is 500 Å². The van der Waals surface area contributed by atoms with E-state index >= 15 is 0 Å². The maximum atomic E-state index is 11.6. The van der Waals surface area contributed by atoms with Crippen molar-refractivity contribution in [3.05, 3.63) is 176 Å². The van der Waals surface area contributed by atoms with Crippen LogP contribution in [0.15, 0.2) is 121 Å². The lowest BCUT2D eigenvalue weighted by Crippen LogP contribution is -2.08. The first-order valence-corrected chi connectivity index (χ1v) is 28.3. The van der Waals surface area contributed by atoms with Crippen LogP contribution < -0.4 is 18.9 Å². The van der Waals surface area contributed by atoms with Crippen molar-refractivity contribution < 1.29 is 76.5 Å². The molecule has 0 heterocycles. The number of carbonyl (C=O) groups excluding carboxylic acids is 6. The quantitative estimate of drug-likeness (QED) is 0.0340. The third-order valence-electron chi connectivity index (χ3n) is 11.9. The molecule has 0 aliphatic rings. The zero-order valence-electron chi connectivity index (χ0n) is 50.7. The smallest absolute Gasteiger partial charge is 0.310 e. The van der Waals surface area contributed by atoms with Crippen molar-refractivity contribution in [3.8, 4) is 34.5 Å². The molecule has 6 aromatic carbocycles. The fourth-order valence-corrected chi connectivity index (χ4v) is 7.94. The molecule has 0 saturated heterocycles. The van der Waals surface area contributed by atoms with E-state index in [1.165, 1.54) is 14.0 Å². The van der Waals surface area contributed by atoms with E-state index in [-0.39, 0.29) is 60.6 Å². The molecular formula is C67H83ClO16. The van der Waals surface area contributed by atoms with E-state index in [4.69, 9.17) is 54.2 Å². The van der Waals surface area contributed by atoms with Gasteiger partial charge in [0.05, 0.1) is 97.1 Å². The molecule has 0 radical (unpaired) electrons. The van der Waals surface area contributed by atoms with Crippen LogP contribution in [0.3, 0.4) is 0 Å². The Bertz CT molecular complexity index is 3010. The SMILES string of the molecule is CCOC(=O)Cc1ccc(C(C)=O)c(OC)c1.CCOC(=O)Cc1ccc(CC)c(O)c1.CCOC(=O)Cc1ccc(CC)c(OC)c1.CCOC(=O)Cc1ccc(CC)c(Oc2ccccc2Cl)c1.CCOC(=O)Cc1cccc(OC)c1. The van der Waals surface area contributed by atoms with Crippen molar-refractivity contribution >= 4 is 47.2 Å². The second-order valence-corrected chi connectivity index (χ2v) is 18.4. The van der Waals surface area contributed by atoms with E-state index in [0.717, 1.165) is 81.0 Å². The predicted molar refractivity (Wildman–Crippen MR) is 325 cm³/mol. The molecule has 454 valence electrons. The van der Waals surface area contributed by atoms with Crippen LogP contribution in [0.1, 0.15) is 117 Å². The molecule has 17 heteroatoms. The predicted octanol–water partition coefficient (Wildman–Crippen LogP) is 13.0. The van der Waals surface area contributed by atoms with Crippen molar-refractivity contribution in [2.75, 3.05) is 54.4 Å². The van der Waals surface area contributed by atoms with E-state index in [2.05, 4.69) is 13.8 Å². The summed E-state index contributed by atoms with van der Waals surface area (Å²) in [5.74, 6) is 2.39. The van der Waals surface area contributed by atoms with Crippen molar-refractivity contribution in [1.29, 1.82) is 0 Å². The molecule has 0 atom stereocenters. The Hall–Kier alpha value is -8.37. The zero-order valence-corrected chi connectivity index (χ0v) is 51.4. The summed E-state index contributed by atoms with van der Waals surface area (Å²) in [4.78, 5) is 67.8. The number of benzene rings is 6. The third kappa shape index (κ3) is 27.1. The molecule has 0 aliphatic heterocycles. The van der Waals surface area contributed by atoms with Gasteiger partial charge >= 0.3 is 29.8 Å². The molecule has 6 aromatic rings. The number of esters is 5. The number of Topliss-reactive ketones (excluding diaryl/α,β-unsaturated/α-hetero) is 1. The lowest BCUT2D eigenvalue weighted by molar-refractivity contribution is -0.143. The summed E-state index contributed by atoms with van der Waals surface area (Å²) in [5.41, 5.74) is 7.85. The number of hydrogen-bond donors (Lipinski definition) is 1. The van der Waals surface area contributed by atoms with E-state index in [1.54, 1.807) is 79.2 Å². The fourth-order valence-electron chi connectivity index (χ4n) is 7.76. The highest BCUT2D eigenvalue weighted by molar-refractivity contribution is 6.32. The standard InChI is InChI=1S/C18H19ClO3.C13H16O4.C13H18O3.C12H16O3.C11H14O3/c1-3-14-10-9-13(12-18(20)21-4-2)11-17(14)22-16-8-6-5-7-15(16)19;1-4-17-13(15)8-10-5-6-11(9(2)14)12(7-10)16-3;1-4-11-7-6-10(8-12(11)15-3)9-13(14)16-5-2;1-3-10-6-5-9(7-11(10)13)8-12(14)15-4-2;1-3-14-11(12)8-9-5-4-6-10(7-9)13-2/h5-11H,3-4,12H2,1-2H3;5-7H,4,8H2,1-3H3;6-8H,4-5,9H2,1-3H3;5-7,13H,3-4,8H2,1-2H3;4-7H,3,8H2,1-2H3. The topological polar surface area (TPSA) is 206 Å². The number of phenolic OH excluding ortho intramolecular Hbond substituents is 1. The molecule has 0 amide bonds. The minimum atomic E-state index is -0.287. The van der Waals surface area contributed by atoms with E-state index < -0.39 is 0 Å². The molecule has 0 aromatic heterocycles. The van der Waals surface area contributed by atoms with Crippen LogP contribution in [0, 0.1) is 0 Å². The number of ketones is 1. The number of halogens is 1. The summed E-state index contributed by atoms with van der Waals surface area (Å²) < 4.78 is 45.7. The second-order valence-electron chi connectivity index (χ2n) is 18.0. The van der Waals surface area contributed by atoms with Crippen LogP contribution in [-0.2, 0) is 99.0 Å². The van der Waals surface area contributed by atoms with Crippen molar-refractivity contribution in [2.24, 2.45) is 0 Å². The van der Waals surface area contributed by atoms with Crippen LogP contribution in [-0.4, -0.2) is 95.1 Å². The van der Waals surface area contributed by atoms with Gasteiger partial charge in [0.15, 0.2) is 5.78 Å². The lowest BCUT2D eigenvalue weighted by Gasteiger charge is -2.13. The van der Waals surface area contributed by atoms with Gasteiger partial charge in [0.2, 0.25) is 0 Å². The summed E-state index contributed by atoms with van der Waals surface area (Å²) in [6.45, 7) is 18.5. The largest absolute Gasteiger partial charge is 0.508 e. The first-order chi connectivity index (χ1) is 40.3. The number of hydrogen-bond acceptors (Lipinski definition) is 16. The van der Waals surface area contributed by atoms with Crippen LogP contribution >= 0.6 is 11.6 Å². The summed E-state index contributed by atoms with van der Waals surface area (Å²) in [6, 6.07) is 36.7. The highest BCUT2D eigenvalue weighted by atomic mass is 35.5. The van der Waals surface area contributed by atoms with Crippen LogP contribution in [0.4, 0.5) is 0 Å². The molecule has 84 heavy (non-hydrogen) atoms. The van der Waals surface area contributed by atoms with Gasteiger partial charge < -0.3 is 47.7 Å². The summed E-state index contributed by atoms with van der Waals surface area (Å²) in [7, 11) is 4.74. The maximum absolute atomic E-state index is 11.6. The van der Waals surface area contributed by atoms with Crippen molar-refractivity contribution in [3.63, 3.8) is 0 Å². The molecule has 16 nitrogen and oxygen atoms in total. The Morgan fingerprint density at radius 3 is 1.17 bits per heavy atom. The number of rotatable bonds is 24. The van der Waals surface area contributed by atoms with Gasteiger partial charge in [0, 0.05) is 0 Å². The Kier molecular flexibility index (Phi) is 34.8. The molecular weight excluding hydrogens is 1100 g/mol. The maximum Gasteiger partial charge on any atom is 0.310 e. The van der Waals surface area contributed by atoms with E-state index in [9.17, 15) is 33.9 Å². The monoisotopic (exact) mass is 1180 g/mol. The van der Waals surface area contributed by atoms with E-state index in [1.807, 2.05) is 97.9 Å². The molecule has 0 spiro atoms. The highest BCUT2D eigenvalue weighted by Gasteiger charge is 2.14. The minimum absolute atomic E-state index is 0.0652. The van der Waals surface area contributed by atoms with Crippen LogP contribution in [0.5, 0.6) is 34.5 Å². The average molecular weight is 1180 g/mol. The number of carbonyl (C=O) groups is 6. The molecule has 0 unspecified atom stereocenters. The number of phenols is 1. The zero-order chi connectivity index (χ0) is 62.4. The minimum Gasteiger partial charge on any atom is -0.508 e. The molecule has 1 N–H and O–H groups in total. The van der Waals surface area contributed by atoms with E-state index in [0.29, 0.717) is 68.0 Å². The lowest BCUT2D eigenvalue weighted by atomic mass is 10.1. The Balaban J connectivity index is 0.000000362. The molecule has 0 bridgehead atoms. The van der Waals surface area contributed by atoms with Crippen molar-refractivity contribution in [2.45, 2.75) is 114 Å². The number of aromatic hydroxyl groups is 1. The number of ether oxygens (including phenoxy) is 9. The summed E-state index contributed by atoms with van der Waals surface area (Å²) in [5, 5.41) is 10.1. The van der Waals surface area contributed by atoms with Crippen LogP contribution in [0.2, 0.25) is 5.02 Å². The molecule has 0 saturated carbocycles. The first kappa shape index (κ1) is 71.7. The number of para-hydroxylation sites is 1. The van der Waals surface area contributed by atoms with Gasteiger partial charge in [-0.2, -0.15) is 0 Å². The Morgan fingerprint density at radius 2 is 0.774 bits per heavy atom. The summed E-state index contributed by atoms with van der Waals surface area (Å²) in [6.07, 6.45) is 3.76. The third-order valence-corrected chi connectivity index (χ3v) is 12.2. The van der Waals surface area contributed by atoms with Gasteiger partial charge in [-0.25, -0.2) is 0 Å². The van der Waals surface area contributed by atoms with Gasteiger partial charge in [-0.15, -0.1) is 0 Å². The molecule has 0 fully saturated rings. The second kappa shape index (κ2) is 40.8. The normalized spacial score (nSPS) is 9.96. The van der Waals surface area contributed by atoms with Crippen LogP contribution in [0.25, 0.3) is 0 Å².